The second-order valence-corrected chi connectivity index (χ2v) is 2.95. The topological polar surface area (TPSA) is 9.23 Å². The SMILES string of the molecule is CCC1COc2ccccc21. The second-order valence-electron chi connectivity index (χ2n) is 2.95. The van der Waals surface area contributed by atoms with Crippen LogP contribution in [0.4, 0.5) is 0 Å². The summed E-state index contributed by atoms with van der Waals surface area (Å²) in [7, 11) is 0. The molecule has 0 aromatic heterocycles. The molecule has 1 atom stereocenters. The van der Waals surface area contributed by atoms with Crippen LogP contribution in [0.3, 0.4) is 0 Å². The Hall–Kier alpha value is -0.980. The highest BCUT2D eigenvalue weighted by molar-refractivity contribution is 5.39. The van der Waals surface area contributed by atoms with Gasteiger partial charge >= 0.3 is 0 Å². The third kappa shape index (κ3) is 1.01. The van der Waals surface area contributed by atoms with Crippen LogP contribution >= 0.6 is 0 Å². The molecular formula is C10H12O. The average molecular weight is 148 g/mol. The van der Waals surface area contributed by atoms with Crippen LogP contribution < -0.4 is 4.74 Å². The molecule has 0 N–H and O–H groups in total. The number of ether oxygens (including phenoxy) is 1. The van der Waals surface area contributed by atoms with E-state index in [2.05, 4.69) is 19.1 Å². The summed E-state index contributed by atoms with van der Waals surface area (Å²) in [6.07, 6.45) is 1.18. The molecule has 1 aromatic carbocycles. The maximum Gasteiger partial charge on any atom is 0.122 e. The van der Waals surface area contributed by atoms with Crippen LogP contribution in [0.25, 0.3) is 0 Å². The van der Waals surface area contributed by atoms with E-state index in [-0.39, 0.29) is 0 Å². The summed E-state index contributed by atoms with van der Waals surface area (Å²) < 4.78 is 5.50. The highest BCUT2D eigenvalue weighted by atomic mass is 16.5. The van der Waals surface area contributed by atoms with Crippen LogP contribution in [-0.4, -0.2) is 6.61 Å². The van der Waals surface area contributed by atoms with E-state index in [1.807, 2.05) is 12.1 Å². The molecule has 0 saturated carbocycles. The molecule has 0 fully saturated rings. The minimum absolute atomic E-state index is 0.631. The fraction of sp³-hybridized carbons (Fsp3) is 0.400. The summed E-state index contributed by atoms with van der Waals surface area (Å²) in [5.74, 6) is 1.71. The van der Waals surface area contributed by atoms with Crippen LogP contribution in [0.5, 0.6) is 5.75 Å². The van der Waals surface area contributed by atoms with Crippen molar-refractivity contribution in [1.29, 1.82) is 0 Å². The summed E-state index contributed by atoms with van der Waals surface area (Å²) in [5, 5.41) is 0. The maximum atomic E-state index is 5.50. The van der Waals surface area contributed by atoms with Gasteiger partial charge in [-0.05, 0) is 12.5 Å². The van der Waals surface area contributed by atoms with E-state index in [4.69, 9.17) is 4.74 Å². The van der Waals surface area contributed by atoms with Crippen molar-refractivity contribution in [3.8, 4) is 5.75 Å². The van der Waals surface area contributed by atoms with E-state index in [1.54, 1.807) is 0 Å². The van der Waals surface area contributed by atoms with Crippen molar-refractivity contribution < 1.29 is 4.74 Å². The Bertz CT molecular complexity index is 255. The lowest BCUT2D eigenvalue weighted by atomic mass is 9.99. The van der Waals surface area contributed by atoms with Gasteiger partial charge in [0, 0.05) is 11.5 Å². The molecule has 0 amide bonds. The molecule has 0 radical (unpaired) electrons. The molecule has 0 saturated heterocycles. The van der Waals surface area contributed by atoms with Gasteiger partial charge in [-0.2, -0.15) is 0 Å². The van der Waals surface area contributed by atoms with Gasteiger partial charge in [-0.25, -0.2) is 0 Å². The number of benzene rings is 1. The molecule has 0 spiro atoms. The zero-order valence-corrected chi connectivity index (χ0v) is 6.71. The molecule has 1 aliphatic heterocycles. The quantitative estimate of drug-likeness (QED) is 0.594. The minimum Gasteiger partial charge on any atom is -0.493 e. The van der Waals surface area contributed by atoms with Gasteiger partial charge in [0.25, 0.3) is 0 Å². The standard InChI is InChI=1S/C10H12O/c1-2-8-7-11-10-6-4-3-5-9(8)10/h3-6,8H,2,7H2,1H3. The highest BCUT2D eigenvalue weighted by Gasteiger charge is 2.20. The molecule has 1 heteroatoms. The van der Waals surface area contributed by atoms with E-state index in [0.717, 1.165) is 12.4 Å². The Balaban J connectivity index is 2.39. The van der Waals surface area contributed by atoms with Crippen LogP contribution in [0, 0.1) is 0 Å². The van der Waals surface area contributed by atoms with Gasteiger partial charge in [0.2, 0.25) is 0 Å². The van der Waals surface area contributed by atoms with E-state index >= 15 is 0 Å². The predicted octanol–water partition coefficient (Wildman–Crippen LogP) is 2.57. The Morgan fingerprint density at radius 2 is 2.27 bits per heavy atom. The van der Waals surface area contributed by atoms with E-state index in [1.165, 1.54) is 12.0 Å². The van der Waals surface area contributed by atoms with Crippen LogP contribution in [0.1, 0.15) is 24.8 Å². The maximum absolute atomic E-state index is 5.50. The molecule has 1 aromatic rings. The molecule has 11 heavy (non-hydrogen) atoms. The van der Waals surface area contributed by atoms with Crippen LogP contribution in [0.2, 0.25) is 0 Å². The Morgan fingerprint density at radius 1 is 1.45 bits per heavy atom. The molecule has 0 bridgehead atoms. The van der Waals surface area contributed by atoms with Crippen molar-refractivity contribution in [2.75, 3.05) is 6.61 Å². The number of rotatable bonds is 1. The predicted molar refractivity (Wildman–Crippen MR) is 45.0 cm³/mol. The molecule has 58 valence electrons. The molecule has 0 aliphatic carbocycles. The molecule has 1 nitrogen and oxygen atoms in total. The third-order valence-electron chi connectivity index (χ3n) is 2.29. The molecule has 1 aliphatic rings. The van der Waals surface area contributed by atoms with E-state index in [0.29, 0.717) is 5.92 Å². The number of fused-ring (bicyclic) bond motifs is 1. The largest absolute Gasteiger partial charge is 0.493 e. The summed E-state index contributed by atoms with van der Waals surface area (Å²) in [6, 6.07) is 8.31. The smallest absolute Gasteiger partial charge is 0.122 e. The lowest BCUT2D eigenvalue weighted by molar-refractivity contribution is 0.328. The minimum atomic E-state index is 0.631. The van der Waals surface area contributed by atoms with Gasteiger partial charge in [-0.1, -0.05) is 25.1 Å². The van der Waals surface area contributed by atoms with Crippen molar-refractivity contribution >= 4 is 0 Å². The van der Waals surface area contributed by atoms with Gasteiger partial charge in [0.1, 0.15) is 5.75 Å². The average Bonchev–Trinajstić information content (AvgIpc) is 2.47. The lowest BCUT2D eigenvalue weighted by Crippen LogP contribution is -1.97. The first-order valence-corrected chi connectivity index (χ1v) is 4.13. The van der Waals surface area contributed by atoms with Crippen molar-refractivity contribution in [2.45, 2.75) is 19.3 Å². The molecule has 2 rings (SSSR count). The Kier molecular flexibility index (Phi) is 1.57. The summed E-state index contributed by atoms with van der Waals surface area (Å²) in [6.45, 7) is 3.08. The van der Waals surface area contributed by atoms with Gasteiger partial charge < -0.3 is 4.74 Å². The third-order valence-corrected chi connectivity index (χ3v) is 2.29. The first kappa shape index (κ1) is 6.71. The number of hydrogen-bond acceptors (Lipinski definition) is 1. The molecule has 1 unspecified atom stereocenters. The van der Waals surface area contributed by atoms with Crippen molar-refractivity contribution in [1.82, 2.24) is 0 Å². The summed E-state index contributed by atoms with van der Waals surface area (Å²) >= 11 is 0. The normalized spacial score (nSPS) is 21.0. The van der Waals surface area contributed by atoms with Crippen LogP contribution in [-0.2, 0) is 0 Å². The second kappa shape index (κ2) is 2.57. The van der Waals surface area contributed by atoms with Crippen molar-refractivity contribution in [3.05, 3.63) is 29.8 Å². The zero-order chi connectivity index (χ0) is 7.68. The fourth-order valence-corrected chi connectivity index (χ4v) is 1.57. The first-order chi connectivity index (χ1) is 5.42. The molecule has 1 heterocycles. The summed E-state index contributed by atoms with van der Waals surface area (Å²) in [5.41, 5.74) is 1.38. The van der Waals surface area contributed by atoms with Crippen molar-refractivity contribution in [2.24, 2.45) is 0 Å². The van der Waals surface area contributed by atoms with Crippen LogP contribution in [0.15, 0.2) is 24.3 Å². The van der Waals surface area contributed by atoms with E-state index < -0.39 is 0 Å². The first-order valence-electron chi connectivity index (χ1n) is 4.13. The molecular weight excluding hydrogens is 136 g/mol. The zero-order valence-electron chi connectivity index (χ0n) is 6.71. The van der Waals surface area contributed by atoms with Gasteiger partial charge in [-0.15, -0.1) is 0 Å². The number of para-hydroxylation sites is 1. The monoisotopic (exact) mass is 148 g/mol. The Labute approximate surface area is 67.0 Å². The van der Waals surface area contributed by atoms with Gasteiger partial charge in [-0.3, -0.25) is 0 Å². The van der Waals surface area contributed by atoms with Crippen molar-refractivity contribution in [3.63, 3.8) is 0 Å². The summed E-state index contributed by atoms with van der Waals surface area (Å²) in [4.78, 5) is 0. The van der Waals surface area contributed by atoms with E-state index in [9.17, 15) is 0 Å². The number of hydrogen-bond donors (Lipinski definition) is 0. The van der Waals surface area contributed by atoms with Gasteiger partial charge in [0.15, 0.2) is 0 Å². The fourth-order valence-electron chi connectivity index (χ4n) is 1.57. The lowest BCUT2D eigenvalue weighted by Gasteiger charge is -2.01. The van der Waals surface area contributed by atoms with Gasteiger partial charge in [0.05, 0.1) is 6.61 Å². The Morgan fingerprint density at radius 3 is 3.09 bits per heavy atom. The highest BCUT2D eigenvalue weighted by Crippen LogP contribution is 2.34.